The molecular formula is C11H12N4O2. The van der Waals surface area contributed by atoms with Gasteiger partial charge in [-0.1, -0.05) is 16.8 Å². The number of nitrogens with zero attached hydrogens (tertiary/aromatic N) is 2. The predicted molar refractivity (Wildman–Crippen MR) is 61.1 cm³/mol. The average molecular weight is 232 g/mol. The van der Waals surface area contributed by atoms with Gasteiger partial charge in [0.05, 0.1) is 12.1 Å². The second-order valence-electron chi connectivity index (χ2n) is 3.62. The van der Waals surface area contributed by atoms with Crippen molar-refractivity contribution in [1.29, 1.82) is 0 Å². The van der Waals surface area contributed by atoms with Crippen molar-refractivity contribution >= 4 is 11.6 Å². The molecule has 2 rings (SSSR count). The van der Waals surface area contributed by atoms with E-state index in [0.29, 0.717) is 17.1 Å². The van der Waals surface area contributed by atoms with Crippen molar-refractivity contribution in [2.24, 2.45) is 0 Å². The Hall–Kier alpha value is -2.37. The molecule has 0 spiro atoms. The quantitative estimate of drug-likeness (QED) is 0.766. The smallest absolute Gasteiger partial charge is 0.253 e. The number of carbonyl (C=O) groups is 1. The highest BCUT2D eigenvalue weighted by atomic mass is 16.5. The number of benzene rings is 1. The average Bonchev–Trinajstić information content (AvgIpc) is 2.82. The van der Waals surface area contributed by atoms with Crippen LogP contribution < -0.4 is 11.1 Å². The van der Waals surface area contributed by atoms with Crippen molar-refractivity contribution in [1.82, 2.24) is 15.5 Å². The van der Waals surface area contributed by atoms with E-state index in [-0.39, 0.29) is 12.5 Å². The standard InChI is InChI=1S/C11H12N4O2/c1-7-2-3-9(12)8(4-7)11(16)13-5-10-14-6-17-15-10/h2-4,6H,5,12H2,1H3,(H,13,16). The Morgan fingerprint density at radius 1 is 1.53 bits per heavy atom. The summed E-state index contributed by atoms with van der Waals surface area (Å²) in [5.74, 6) is 0.167. The zero-order valence-corrected chi connectivity index (χ0v) is 9.30. The molecule has 0 saturated carbocycles. The van der Waals surface area contributed by atoms with Crippen molar-refractivity contribution < 1.29 is 9.32 Å². The summed E-state index contributed by atoms with van der Waals surface area (Å²) in [5, 5.41) is 6.26. The summed E-state index contributed by atoms with van der Waals surface area (Å²) < 4.78 is 4.56. The second kappa shape index (κ2) is 4.65. The predicted octanol–water partition coefficient (Wildman–Crippen LogP) is 0.890. The Bertz CT molecular complexity index is 522. The number of nitrogen functional groups attached to an aromatic ring is 1. The van der Waals surface area contributed by atoms with Gasteiger partial charge in [0, 0.05) is 5.69 Å². The Labute approximate surface area is 97.8 Å². The number of nitrogens with one attached hydrogen (secondary N) is 1. The minimum Gasteiger partial charge on any atom is -0.398 e. The van der Waals surface area contributed by atoms with Crippen LogP contribution in [0.5, 0.6) is 0 Å². The molecule has 0 saturated heterocycles. The molecule has 0 aliphatic heterocycles. The molecule has 1 amide bonds. The van der Waals surface area contributed by atoms with Crippen molar-refractivity contribution in [2.75, 3.05) is 5.73 Å². The third-order valence-corrected chi connectivity index (χ3v) is 2.27. The summed E-state index contributed by atoms with van der Waals surface area (Å²) in [6.07, 6.45) is 1.21. The fourth-order valence-electron chi connectivity index (χ4n) is 1.39. The molecule has 88 valence electrons. The normalized spacial score (nSPS) is 10.2. The van der Waals surface area contributed by atoms with Gasteiger partial charge in [-0.2, -0.15) is 4.98 Å². The van der Waals surface area contributed by atoms with Crippen LogP contribution in [-0.4, -0.2) is 16.0 Å². The molecule has 6 nitrogen and oxygen atoms in total. The molecule has 0 aliphatic rings. The van der Waals surface area contributed by atoms with E-state index in [0.717, 1.165) is 5.56 Å². The number of aromatic nitrogens is 2. The molecule has 2 aromatic rings. The first-order chi connectivity index (χ1) is 8.16. The Morgan fingerprint density at radius 2 is 2.35 bits per heavy atom. The van der Waals surface area contributed by atoms with Gasteiger partial charge in [-0.3, -0.25) is 4.79 Å². The highest BCUT2D eigenvalue weighted by molar-refractivity contribution is 5.99. The van der Waals surface area contributed by atoms with Gasteiger partial charge in [0.15, 0.2) is 5.82 Å². The van der Waals surface area contributed by atoms with E-state index in [1.807, 2.05) is 13.0 Å². The highest BCUT2D eigenvalue weighted by Crippen LogP contribution is 2.13. The second-order valence-corrected chi connectivity index (χ2v) is 3.62. The topological polar surface area (TPSA) is 94.0 Å². The van der Waals surface area contributed by atoms with Crippen LogP contribution in [0.2, 0.25) is 0 Å². The van der Waals surface area contributed by atoms with E-state index in [1.54, 1.807) is 12.1 Å². The van der Waals surface area contributed by atoms with Crippen molar-refractivity contribution in [3.05, 3.63) is 41.5 Å². The molecule has 3 N–H and O–H groups in total. The zero-order chi connectivity index (χ0) is 12.3. The van der Waals surface area contributed by atoms with Crippen LogP contribution in [0.15, 0.2) is 29.1 Å². The fraction of sp³-hybridized carbons (Fsp3) is 0.182. The van der Waals surface area contributed by atoms with Crippen LogP contribution in [0.3, 0.4) is 0 Å². The number of anilines is 1. The number of amides is 1. The minimum atomic E-state index is -0.254. The van der Waals surface area contributed by atoms with Gasteiger partial charge < -0.3 is 15.6 Å². The fourth-order valence-corrected chi connectivity index (χ4v) is 1.39. The molecular weight excluding hydrogens is 220 g/mol. The van der Waals surface area contributed by atoms with Gasteiger partial charge in [-0.15, -0.1) is 0 Å². The van der Waals surface area contributed by atoms with Crippen LogP contribution in [-0.2, 0) is 6.54 Å². The molecule has 6 heteroatoms. The first-order valence-electron chi connectivity index (χ1n) is 5.06. The number of rotatable bonds is 3. The number of carbonyl (C=O) groups excluding carboxylic acids is 1. The van der Waals surface area contributed by atoms with E-state index in [1.165, 1.54) is 6.39 Å². The lowest BCUT2D eigenvalue weighted by atomic mass is 10.1. The molecule has 0 unspecified atom stereocenters. The van der Waals surface area contributed by atoms with Crippen LogP contribution >= 0.6 is 0 Å². The number of nitrogens with two attached hydrogens (primary N) is 1. The molecule has 0 atom stereocenters. The van der Waals surface area contributed by atoms with Gasteiger partial charge in [0.25, 0.3) is 5.91 Å². The summed E-state index contributed by atoms with van der Waals surface area (Å²) in [6.45, 7) is 2.11. The summed E-state index contributed by atoms with van der Waals surface area (Å²) >= 11 is 0. The first kappa shape index (κ1) is 11.1. The van der Waals surface area contributed by atoms with Gasteiger partial charge >= 0.3 is 0 Å². The van der Waals surface area contributed by atoms with Crippen molar-refractivity contribution in [3.8, 4) is 0 Å². The van der Waals surface area contributed by atoms with Gasteiger partial charge in [-0.25, -0.2) is 0 Å². The largest absolute Gasteiger partial charge is 0.398 e. The molecule has 17 heavy (non-hydrogen) atoms. The van der Waals surface area contributed by atoms with Crippen molar-refractivity contribution in [3.63, 3.8) is 0 Å². The maximum atomic E-state index is 11.8. The monoisotopic (exact) mass is 232 g/mol. The lowest BCUT2D eigenvalue weighted by molar-refractivity contribution is 0.0950. The third-order valence-electron chi connectivity index (χ3n) is 2.27. The van der Waals surface area contributed by atoms with E-state index >= 15 is 0 Å². The highest BCUT2D eigenvalue weighted by Gasteiger charge is 2.10. The Morgan fingerprint density at radius 3 is 3.06 bits per heavy atom. The van der Waals surface area contributed by atoms with Gasteiger partial charge in [-0.05, 0) is 19.1 Å². The van der Waals surface area contributed by atoms with Gasteiger partial charge in [0.1, 0.15) is 0 Å². The molecule has 1 aromatic heterocycles. The Kier molecular flexibility index (Phi) is 3.04. The first-order valence-corrected chi connectivity index (χ1v) is 5.06. The maximum absolute atomic E-state index is 11.8. The molecule has 0 bridgehead atoms. The Balaban J connectivity index is 2.07. The lowest BCUT2D eigenvalue weighted by Gasteiger charge is -2.06. The number of aryl methyl sites for hydroxylation is 1. The molecule has 1 aromatic carbocycles. The number of hydrogen-bond acceptors (Lipinski definition) is 5. The summed E-state index contributed by atoms with van der Waals surface area (Å²) in [7, 11) is 0. The van der Waals surface area contributed by atoms with E-state index in [9.17, 15) is 4.79 Å². The van der Waals surface area contributed by atoms with Crippen LogP contribution in [0.25, 0.3) is 0 Å². The van der Waals surface area contributed by atoms with Gasteiger partial charge in [0.2, 0.25) is 6.39 Å². The van der Waals surface area contributed by atoms with Crippen LogP contribution in [0, 0.1) is 6.92 Å². The molecule has 0 fully saturated rings. The summed E-state index contributed by atoms with van der Waals surface area (Å²) in [6, 6.07) is 5.30. The van der Waals surface area contributed by atoms with E-state index in [2.05, 4.69) is 20.0 Å². The van der Waals surface area contributed by atoms with E-state index in [4.69, 9.17) is 5.73 Å². The summed E-state index contributed by atoms with van der Waals surface area (Å²) in [5.41, 5.74) is 7.60. The van der Waals surface area contributed by atoms with Crippen LogP contribution in [0.4, 0.5) is 5.69 Å². The summed E-state index contributed by atoms with van der Waals surface area (Å²) in [4.78, 5) is 15.6. The third kappa shape index (κ3) is 2.60. The maximum Gasteiger partial charge on any atom is 0.253 e. The van der Waals surface area contributed by atoms with Crippen molar-refractivity contribution in [2.45, 2.75) is 13.5 Å². The molecule has 0 radical (unpaired) electrons. The number of hydrogen-bond donors (Lipinski definition) is 2. The minimum absolute atomic E-state index is 0.211. The van der Waals surface area contributed by atoms with E-state index < -0.39 is 0 Å². The molecule has 1 heterocycles. The zero-order valence-electron chi connectivity index (χ0n) is 9.30. The SMILES string of the molecule is Cc1ccc(N)c(C(=O)NCc2ncon2)c1. The van der Waals surface area contributed by atoms with Crippen LogP contribution in [0.1, 0.15) is 21.7 Å². The lowest BCUT2D eigenvalue weighted by Crippen LogP contribution is -2.24. The molecule has 0 aliphatic carbocycles.